The molecule has 0 saturated heterocycles. The fourth-order valence-electron chi connectivity index (χ4n) is 1.72. The lowest BCUT2D eigenvalue weighted by atomic mass is 10.0. The molecule has 2 rings (SSSR count). The molecule has 0 fully saturated rings. The topological polar surface area (TPSA) is 50.9 Å². The Morgan fingerprint density at radius 2 is 1.86 bits per heavy atom. The van der Waals surface area contributed by atoms with Crippen LogP contribution in [0.3, 0.4) is 0 Å². The summed E-state index contributed by atoms with van der Waals surface area (Å²) < 4.78 is 0. The van der Waals surface area contributed by atoms with Gasteiger partial charge in [-0.25, -0.2) is 10.8 Å². The summed E-state index contributed by atoms with van der Waals surface area (Å²) in [6.45, 7) is 4.15. The Morgan fingerprint density at radius 3 is 2.57 bits per heavy atom. The Bertz CT molecular complexity index is 477. The molecule has 0 saturated carbocycles. The molecule has 0 amide bonds. The summed E-state index contributed by atoms with van der Waals surface area (Å²) >= 11 is 0. The van der Waals surface area contributed by atoms with Crippen LogP contribution in [0.15, 0.2) is 24.4 Å². The SMILES string of the molecule is Cc1ccc(C)c2c(NN)nccc12. The highest BCUT2D eigenvalue weighted by atomic mass is 15.2. The van der Waals surface area contributed by atoms with Crippen molar-refractivity contribution in [3.8, 4) is 0 Å². The predicted octanol–water partition coefficient (Wildman–Crippen LogP) is 2.14. The van der Waals surface area contributed by atoms with Crippen LogP contribution in [-0.4, -0.2) is 4.98 Å². The normalized spacial score (nSPS) is 10.5. The Labute approximate surface area is 82.9 Å². The van der Waals surface area contributed by atoms with Crippen LogP contribution >= 0.6 is 0 Å². The van der Waals surface area contributed by atoms with Crippen molar-refractivity contribution in [2.45, 2.75) is 13.8 Å². The smallest absolute Gasteiger partial charge is 0.148 e. The number of hydrogen-bond donors (Lipinski definition) is 2. The first-order chi connectivity index (χ1) is 6.74. The number of aryl methyl sites for hydroxylation is 2. The van der Waals surface area contributed by atoms with Crippen LogP contribution in [0.2, 0.25) is 0 Å². The van der Waals surface area contributed by atoms with E-state index in [1.54, 1.807) is 6.20 Å². The third-order valence-corrected chi connectivity index (χ3v) is 2.49. The van der Waals surface area contributed by atoms with E-state index < -0.39 is 0 Å². The number of hydrazine groups is 1. The van der Waals surface area contributed by atoms with Crippen LogP contribution < -0.4 is 11.3 Å². The molecule has 0 unspecified atom stereocenters. The van der Waals surface area contributed by atoms with Gasteiger partial charge < -0.3 is 5.43 Å². The molecule has 0 spiro atoms. The minimum atomic E-state index is 0.740. The number of nitrogens with zero attached hydrogens (tertiary/aromatic N) is 1. The van der Waals surface area contributed by atoms with Crippen molar-refractivity contribution in [2.24, 2.45) is 5.84 Å². The zero-order valence-electron chi connectivity index (χ0n) is 8.33. The number of rotatable bonds is 1. The quantitative estimate of drug-likeness (QED) is 0.531. The molecule has 2 aromatic rings. The molecular weight excluding hydrogens is 174 g/mol. The van der Waals surface area contributed by atoms with Crippen molar-refractivity contribution >= 4 is 16.6 Å². The maximum Gasteiger partial charge on any atom is 0.148 e. The molecule has 0 radical (unpaired) electrons. The Morgan fingerprint density at radius 1 is 1.14 bits per heavy atom. The van der Waals surface area contributed by atoms with E-state index in [0.717, 1.165) is 11.2 Å². The lowest BCUT2D eigenvalue weighted by Crippen LogP contribution is -2.09. The first-order valence-electron chi connectivity index (χ1n) is 4.55. The van der Waals surface area contributed by atoms with Gasteiger partial charge in [0, 0.05) is 11.6 Å². The average Bonchev–Trinajstić information content (AvgIpc) is 2.23. The van der Waals surface area contributed by atoms with Gasteiger partial charge in [-0.2, -0.15) is 0 Å². The van der Waals surface area contributed by atoms with Crippen molar-refractivity contribution in [3.05, 3.63) is 35.5 Å². The molecule has 3 N–H and O–H groups in total. The highest BCUT2D eigenvalue weighted by molar-refractivity contribution is 5.96. The largest absolute Gasteiger partial charge is 0.308 e. The van der Waals surface area contributed by atoms with Gasteiger partial charge in [-0.1, -0.05) is 12.1 Å². The second-order valence-electron chi connectivity index (χ2n) is 3.43. The number of hydrogen-bond acceptors (Lipinski definition) is 3. The van der Waals surface area contributed by atoms with Crippen molar-refractivity contribution in [1.82, 2.24) is 4.98 Å². The summed E-state index contributed by atoms with van der Waals surface area (Å²) in [7, 11) is 0. The molecule has 0 atom stereocenters. The van der Waals surface area contributed by atoms with Crippen molar-refractivity contribution in [3.63, 3.8) is 0 Å². The third-order valence-electron chi connectivity index (χ3n) is 2.49. The molecule has 1 aromatic carbocycles. The van der Waals surface area contributed by atoms with E-state index in [1.165, 1.54) is 16.5 Å². The number of fused-ring (bicyclic) bond motifs is 1. The van der Waals surface area contributed by atoms with E-state index in [2.05, 4.69) is 36.4 Å². The van der Waals surface area contributed by atoms with Crippen LogP contribution in [0.1, 0.15) is 11.1 Å². The lowest BCUT2D eigenvalue weighted by molar-refractivity contribution is 1.24. The van der Waals surface area contributed by atoms with Crippen LogP contribution in [0, 0.1) is 13.8 Å². The first-order valence-corrected chi connectivity index (χ1v) is 4.55. The molecule has 3 nitrogen and oxygen atoms in total. The number of pyridine rings is 1. The number of nitrogen functional groups attached to an aromatic ring is 1. The minimum absolute atomic E-state index is 0.740. The first kappa shape index (κ1) is 8.97. The van der Waals surface area contributed by atoms with E-state index in [9.17, 15) is 0 Å². The van der Waals surface area contributed by atoms with Gasteiger partial charge in [-0.15, -0.1) is 0 Å². The van der Waals surface area contributed by atoms with Crippen molar-refractivity contribution < 1.29 is 0 Å². The maximum atomic E-state index is 5.42. The van der Waals surface area contributed by atoms with Gasteiger partial charge in [0.15, 0.2) is 0 Å². The number of nitrogens with two attached hydrogens (primary N) is 1. The highest BCUT2D eigenvalue weighted by Crippen LogP contribution is 2.26. The Hall–Kier alpha value is -1.61. The minimum Gasteiger partial charge on any atom is -0.308 e. The van der Waals surface area contributed by atoms with E-state index in [1.807, 2.05) is 6.07 Å². The summed E-state index contributed by atoms with van der Waals surface area (Å²) in [5, 5.41) is 2.31. The van der Waals surface area contributed by atoms with Gasteiger partial charge in [0.05, 0.1) is 0 Å². The molecule has 0 aliphatic carbocycles. The predicted molar refractivity (Wildman–Crippen MR) is 59.0 cm³/mol. The second-order valence-corrected chi connectivity index (χ2v) is 3.43. The molecule has 0 aliphatic heterocycles. The van der Waals surface area contributed by atoms with Crippen LogP contribution in [0.5, 0.6) is 0 Å². The summed E-state index contributed by atoms with van der Waals surface area (Å²) in [6, 6.07) is 6.21. The van der Waals surface area contributed by atoms with E-state index in [0.29, 0.717) is 0 Å². The Balaban J connectivity index is 2.92. The van der Waals surface area contributed by atoms with Gasteiger partial charge in [-0.05, 0) is 36.4 Å². The van der Waals surface area contributed by atoms with Crippen molar-refractivity contribution in [1.29, 1.82) is 0 Å². The number of benzene rings is 1. The van der Waals surface area contributed by atoms with Crippen LogP contribution in [0.4, 0.5) is 5.82 Å². The molecule has 0 bridgehead atoms. The van der Waals surface area contributed by atoms with Gasteiger partial charge in [0.2, 0.25) is 0 Å². The highest BCUT2D eigenvalue weighted by Gasteiger charge is 2.05. The zero-order chi connectivity index (χ0) is 10.1. The molecular formula is C11H13N3. The summed E-state index contributed by atoms with van der Waals surface area (Å²) in [6.07, 6.45) is 1.77. The Kier molecular flexibility index (Phi) is 2.09. The van der Waals surface area contributed by atoms with E-state index in [4.69, 9.17) is 5.84 Å². The summed E-state index contributed by atoms with van der Waals surface area (Å²) in [5.41, 5.74) is 5.05. The van der Waals surface area contributed by atoms with Gasteiger partial charge in [0.1, 0.15) is 5.82 Å². The second kappa shape index (κ2) is 3.27. The van der Waals surface area contributed by atoms with Crippen LogP contribution in [-0.2, 0) is 0 Å². The standard InChI is InChI=1S/C11H13N3/c1-7-3-4-8(2)10-9(7)5-6-13-11(10)14-12/h3-6H,12H2,1-2H3,(H,13,14). The summed E-state index contributed by atoms with van der Waals surface area (Å²) in [4.78, 5) is 4.19. The van der Waals surface area contributed by atoms with E-state index >= 15 is 0 Å². The molecule has 1 heterocycles. The molecule has 0 aliphatic rings. The number of aromatic nitrogens is 1. The zero-order valence-corrected chi connectivity index (χ0v) is 8.33. The van der Waals surface area contributed by atoms with Gasteiger partial charge in [0.25, 0.3) is 0 Å². The van der Waals surface area contributed by atoms with Crippen LogP contribution in [0.25, 0.3) is 10.8 Å². The number of nitrogens with one attached hydrogen (secondary N) is 1. The lowest BCUT2D eigenvalue weighted by Gasteiger charge is -2.09. The average molecular weight is 187 g/mol. The fourth-order valence-corrected chi connectivity index (χ4v) is 1.72. The van der Waals surface area contributed by atoms with E-state index in [-0.39, 0.29) is 0 Å². The maximum absolute atomic E-state index is 5.42. The molecule has 72 valence electrons. The summed E-state index contributed by atoms with van der Waals surface area (Å²) in [5.74, 6) is 6.16. The fraction of sp³-hybridized carbons (Fsp3) is 0.182. The van der Waals surface area contributed by atoms with Crippen molar-refractivity contribution in [2.75, 3.05) is 5.43 Å². The number of anilines is 1. The molecule has 14 heavy (non-hydrogen) atoms. The third kappa shape index (κ3) is 1.22. The monoisotopic (exact) mass is 187 g/mol. The van der Waals surface area contributed by atoms with Gasteiger partial charge >= 0.3 is 0 Å². The molecule has 1 aromatic heterocycles. The molecule has 3 heteroatoms. The van der Waals surface area contributed by atoms with Gasteiger partial charge in [-0.3, -0.25) is 0 Å².